The van der Waals surface area contributed by atoms with Crippen molar-refractivity contribution in [2.75, 3.05) is 0 Å². The van der Waals surface area contributed by atoms with Gasteiger partial charge in [0.2, 0.25) is 0 Å². The van der Waals surface area contributed by atoms with E-state index < -0.39 is 0 Å². The molecule has 0 radical (unpaired) electrons. The molecule has 0 saturated carbocycles. The summed E-state index contributed by atoms with van der Waals surface area (Å²) in [5, 5.41) is 10.1. The fourth-order valence-electron chi connectivity index (χ4n) is 2.53. The van der Waals surface area contributed by atoms with Crippen molar-refractivity contribution in [3.63, 3.8) is 0 Å². The van der Waals surface area contributed by atoms with Crippen LogP contribution in [0.4, 0.5) is 0 Å². The first-order chi connectivity index (χ1) is 6.37. The first-order valence-corrected chi connectivity index (χ1v) is 5.41. The van der Waals surface area contributed by atoms with Gasteiger partial charge in [-0.25, -0.2) is 0 Å². The molecule has 1 heteroatoms. The minimum atomic E-state index is -0.255. The van der Waals surface area contributed by atoms with Crippen LogP contribution in [0.15, 0.2) is 22.3 Å². The molecule has 0 bridgehead atoms. The second kappa shape index (κ2) is 3.54. The van der Waals surface area contributed by atoms with Crippen LogP contribution < -0.4 is 0 Å². The maximum absolute atomic E-state index is 10.1. The Morgan fingerprint density at radius 3 is 1.71 bits per heavy atom. The molecule has 0 heterocycles. The monoisotopic (exact) mass is 194 g/mol. The second-order valence-corrected chi connectivity index (χ2v) is 4.63. The predicted octanol–water partition coefficient (Wildman–Crippen LogP) is 3.45. The van der Waals surface area contributed by atoms with Gasteiger partial charge in [-0.1, -0.05) is 18.1 Å². The molecule has 1 N–H and O–H groups in total. The van der Waals surface area contributed by atoms with Crippen molar-refractivity contribution in [2.24, 2.45) is 5.41 Å². The zero-order valence-corrected chi connectivity index (χ0v) is 10.2. The van der Waals surface area contributed by atoms with Crippen LogP contribution in [0.2, 0.25) is 0 Å². The highest BCUT2D eigenvalue weighted by molar-refractivity contribution is 5.50. The summed E-state index contributed by atoms with van der Waals surface area (Å²) in [6.45, 7) is 12.8. The maximum atomic E-state index is 10.1. The van der Waals surface area contributed by atoms with Crippen molar-refractivity contribution in [1.29, 1.82) is 0 Å². The predicted molar refractivity (Wildman–Crippen MR) is 61.2 cm³/mol. The van der Waals surface area contributed by atoms with Crippen LogP contribution in [0.1, 0.15) is 48.0 Å². The van der Waals surface area contributed by atoms with E-state index in [1.54, 1.807) is 0 Å². The smallest absolute Gasteiger partial charge is 0.0665 e. The van der Waals surface area contributed by atoms with Gasteiger partial charge >= 0.3 is 0 Å². The largest absolute Gasteiger partial charge is 0.392 e. The van der Waals surface area contributed by atoms with E-state index in [9.17, 15) is 5.11 Å². The summed E-state index contributed by atoms with van der Waals surface area (Å²) in [7, 11) is 0. The number of aliphatic hydroxyl groups is 1. The molecule has 1 rings (SSSR count). The molecule has 1 unspecified atom stereocenters. The molecule has 1 atom stereocenters. The van der Waals surface area contributed by atoms with Gasteiger partial charge in [-0.2, -0.15) is 0 Å². The molecule has 0 saturated heterocycles. The van der Waals surface area contributed by atoms with E-state index in [1.807, 2.05) is 6.92 Å². The summed E-state index contributed by atoms with van der Waals surface area (Å²) < 4.78 is 0. The van der Waals surface area contributed by atoms with Gasteiger partial charge in [-0.05, 0) is 52.2 Å². The average molecular weight is 194 g/mol. The fraction of sp³-hybridized carbons (Fsp3) is 0.692. The minimum absolute atomic E-state index is 0.122. The second-order valence-electron chi connectivity index (χ2n) is 4.63. The van der Waals surface area contributed by atoms with E-state index in [0.717, 1.165) is 6.42 Å². The Hall–Kier alpha value is -0.560. The van der Waals surface area contributed by atoms with Gasteiger partial charge in [0, 0.05) is 5.41 Å². The Morgan fingerprint density at radius 2 is 1.43 bits per heavy atom. The lowest BCUT2D eigenvalue weighted by Gasteiger charge is -2.34. The average Bonchev–Trinajstić information content (AvgIpc) is 2.34. The van der Waals surface area contributed by atoms with Crippen LogP contribution in [-0.4, -0.2) is 11.2 Å². The molecule has 1 aliphatic rings. The Bertz CT molecular complexity index is 283. The van der Waals surface area contributed by atoms with E-state index >= 15 is 0 Å². The van der Waals surface area contributed by atoms with E-state index in [0.29, 0.717) is 0 Å². The molecule has 0 fully saturated rings. The molecular formula is C13H22O. The van der Waals surface area contributed by atoms with Gasteiger partial charge in [0.05, 0.1) is 6.10 Å². The van der Waals surface area contributed by atoms with Crippen molar-refractivity contribution in [3.05, 3.63) is 22.3 Å². The Balaban J connectivity index is 3.26. The molecule has 0 aromatic rings. The molecule has 0 aromatic carbocycles. The number of allylic oxidation sites excluding steroid dienone is 2. The molecular weight excluding hydrogens is 172 g/mol. The molecule has 1 aliphatic carbocycles. The quantitative estimate of drug-likeness (QED) is 0.714. The molecule has 80 valence electrons. The molecule has 1 nitrogen and oxygen atoms in total. The molecule has 0 aliphatic heterocycles. The van der Waals surface area contributed by atoms with Crippen molar-refractivity contribution in [2.45, 2.75) is 54.1 Å². The molecule has 0 amide bonds. The number of hydrogen-bond acceptors (Lipinski definition) is 1. The lowest BCUT2D eigenvalue weighted by Crippen LogP contribution is -2.32. The third kappa shape index (κ3) is 1.26. The number of rotatable bonds is 2. The van der Waals surface area contributed by atoms with Gasteiger partial charge in [0.1, 0.15) is 0 Å². The van der Waals surface area contributed by atoms with E-state index in [2.05, 4.69) is 34.6 Å². The Kier molecular flexibility index (Phi) is 2.91. The van der Waals surface area contributed by atoms with Crippen LogP contribution in [-0.2, 0) is 0 Å². The highest BCUT2D eigenvalue weighted by Crippen LogP contribution is 2.49. The molecule has 14 heavy (non-hydrogen) atoms. The zero-order valence-electron chi connectivity index (χ0n) is 10.2. The number of hydrogen-bond donors (Lipinski definition) is 1. The van der Waals surface area contributed by atoms with Crippen molar-refractivity contribution in [1.82, 2.24) is 0 Å². The highest BCUT2D eigenvalue weighted by Gasteiger charge is 2.41. The first-order valence-electron chi connectivity index (χ1n) is 5.41. The van der Waals surface area contributed by atoms with Crippen molar-refractivity contribution in [3.8, 4) is 0 Å². The third-order valence-electron chi connectivity index (χ3n) is 4.30. The van der Waals surface area contributed by atoms with Gasteiger partial charge in [-0.15, -0.1) is 0 Å². The fourth-order valence-corrected chi connectivity index (χ4v) is 2.53. The first kappa shape index (κ1) is 11.5. The van der Waals surface area contributed by atoms with E-state index in [4.69, 9.17) is 0 Å². The number of aliphatic hydroxyl groups excluding tert-OH is 1. The van der Waals surface area contributed by atoms with Crippen LogP contribution in [0.25, 0.3) is 0 Å². The van der Waals surface area contributed by atoms with Gasteiger partial charge in [0.25, 0.3) is 0 Å². The van der Waals surface area contributed by atoms with Crippen LogP contribution in [0.5, 0.6) is 0 Å². The van der Waals surface area contributed by atoms with Crippen LogP contribution in [0.3, 0.4) is 0 Å². The van der Waals surface area contributed by atoms with Crippen molar-refractivity contribution < 1.29 is 5.11 Å². The standard InChI is InChI=1S/C13H22O/c1-7-12(14)13(6)10(4)8(2)9(3)11(13)5/h12,14H,7H2,1-6H3. The van der Waals surface area contributed by atoms with Crippen LogP contribution >= 0.6 is 0 Å². The van der Waals surface area contributed by atoms with Crippen molar-refractivity contribution >= 4 is 0 Å². The summed E-state index contributed by atoms with van der Waals surface area (Å²) >= 11 is 0. The van der Waals surface area contributed by atoms with Crippen LogP contribution in [0, 0.1) is 5.41 Å². The van der Waals surface area contributed by atoms with Gasteiger partial charge < -0.3 is 5.11 Å². The topological polar surface area (TPSA) is 20.2 Å². The van der Waals surface area contributed by atoms with E-state index in [-0.39, 0.29) is 11.5 Å². The summed E-state index contributed by atoms with van der Waals surface area (Å²) in [5.41, 5.74) is 5.27. The summed E-state index contributed by atoms with van der Waals surface area (Å²) in [4.78, 5) is 0. The summed E-state index contributed by atoms with van der Waals surface area (Å²) in [6, 6.07) is 0. The maximum Gasteiger partial charge on any atom is 0.0665 e. The SMILES string of the molecule is CCC(O)C1(C)C(C)=C(C)C(C)=C1C. The van der Waals surface area contributed by atoms with Gasteiger partial charge in [0.15, 0.2) is 0 Å². The third-order valence-corrected chi connectivity index (χ3v) is 4.30. The minimum Gasteiger partial charge on any atom is -0.392 e. The highest BCUT2D eigenvalue weighted by atomic mass is 16.3. The normalized spacial score (nSPS) is 23.4. The van der Waals surface area contributed by atoms with E-state index in [1.165, 1.54) is 22.3 Å². The Labute approximate surface area is 87.5 Å². The lowest BCUT2D eigenvalue weighted by atomic mass is 9.73. The summed E-state index contributed by atoms with van der Waals surface area (Å²) in [5.74, 6) is 0. The van der Waals surface area contributed by atoms with Gasteiger partial charge in [-0.3, -0.25) is 0 Å². The summed E-state index contributed by atoms with van der Waals surface area (Å²) in [6.07, 6.45) is 0.557. The zero-order chi connectivity index (χ0) is 11.1. The molecule has 0 spiro atoms. The lowest BCUT2D eigenvalue weighted by molar-refractivity contribution is 0.0831. The Morgan fingerprint density at radius 1 is 1.07 bits per heavy atom. The molecule has 0 aromatic heterocycles.